The van der Waals surface area contributed by atoms with Gasteiger partial charge >= 0.3 is 0 Å². The Kier molecular flexibility index (Phi) is 3.71. The lowest BCUT2D eigenvalue weighted by Crippen LogP contribution is -2.18. The van der Waals surface area contributed by atoms with E-state index in [1.807, 2.05) is 19.1 Å². The van der Waals surface area contributed by atoms with Crippen molar-refractivity contribution in [2.45, 2.75) is 20.0 Å². The second kappa shape index (κ2) is 5.25. The summed E-state index contributed by atoms with van der Waals surface area (Å²) in [6, 6.07) is 3.83. The van der Waals surface area contributed by atoms with Gasteiger partial charge in [-0.15, -0.1) is 11.3 Å². The summed E-state index contributed by atoms with van der Waals surface area (Å²) >= 11 is 1.68. The van der Waals surface area contributed by atoms with E-state index >= 15 is 0 Å². The predicted molar refractivity (Wildman–Crippen MR) is 70.7 cm³/mol. The van der Waals surface area contributed by atoms with Crippen molar-refractivity contribution in [3.8, 4) is 0 Å². The molecule has 5 heteroatoms. The molecule has 0 aromatic carbocycles. The molecule has 0 saturated carbocycles. The minimum Gasteiger partial charge on any atom is -0.397 e. The zero-order valence-electron chi connectivity index (χ0n) is 10.1. The highest BCUT2D eigenvalue weighted by Gasteiger charge is 2.05. The van der Waals surface area contributed by atoms with Gasteiger partial charge in [0.15, 0.2) is 0 Å². The monoisotopic (exact) mass is 248 g/mol. The van der Waals surface area contributed by atoms with Crippen molar-refractivity contribution in [2.24, 2.45) is 0 Å². The summed E-state index contributed by atoms with van der Waals surface area (Å²) in [6.07, 6.45) is 1.69. The first-order valence-electron chi connectivity index (χ1n) is 5.43. The molecule has 0 saturated heterocycles. The zero-order chi connectivity index (χ0) is 12.3. The number of nitrogens with two attached hydrogens (primary N) is 1. The van der Waals surface area contributed by atoms with Gasteiger partial charge in [-0.1, -0.05) is 0 Å². The number of hydrogen-bond acceptors (Lipinski definition) is 5. The van der Waals surface area contributed by atoms with Crippen LogP contribution in [0.2, 0.25) is 0 Å². The van der Waals surface area contributed by atoms with Crippen molar-refractivity contribution in [3.05, 3.63) is 40.1 Å². The molecule has 2 aromatic rings. The first kappa shape index (κ1) is 12.0. The van der Waals surface area contributed by atoms with Crippen molar-refractivity contribution >= 4 is 17.0 Å². The highest BCUT2D eigenvalue weighted by molar-refractivity contribution is 7.09. The molecule has 0 fully saturated rings. The van der Waals surface area contributed by atoms with Crippen LogP contribution in [0.1, 0.15) is 16.4 Å². The van der Waals surface area contributed by atoms with E-state index in [1.165, 1.54) is 0 Å². The Morgan fingerprint density at radius 2 is 2.06 bits per heavy atom. The smallest absolute Gasteiger partial charge is 0.0897 e. The SMILES string of the molecule is Cc1nc(CN(C)Cc2ccc(N)cn2)cs1. The van der Waals surface area contributed by atoms with E-state index in [9.17, 15) is 0 Å². The molecular formula is C12H16N4S. The number of aromatic nitrogens is 2. The molecule has 2 N–H and O–H groups in total. The third-order valence-corrected chi connectivity index (χ3v) is 3.20. The summed E-state index contributed by atoms with van der Waals surface area (Å²) in [7, 11) is 2.06. The third kappa shape index (κ3) is 3.51. The maximum absolute atomic E-state index is 5.60. The minimum absolute atomic E-state index is 0.700. The Hall–Kier alpha value is -1.46. The van der Waals surface area contributed by atoms with Crippen LogP contribution in [0.25, 0.3) is 0 Å². The Morgan fingerprint density at radius 3 is 2.65 bits per heavy atom. The highest BCUT2D eigenvalue weighted by Crippen LogP contribution is 2.11. The first-order valence-corrected chi connectivity index (χ1v) is 6.31. The molecule has 2 heterocycles. The standard InChI is InChI=1S/C12H16N4S/c1-9-15-12(8-17-9)7-16(2)6-11-4-3-10(13)5-14-11/h3-5,8H,6-7,13H2,1-2H3. The minimum atomic E-state index is 0.700. The zero-order valence-corrected chi connectivity index (χ0v) is 10.9. The topological polar surface area (TPSA) is 55.0 Å². The lowest BCUT2D eigenvalue weighted by atomic mass is 10.3. The maximum Gasteiger partial charge on any atom is 0.0897 e. The van der Waals surface area contributed by atoms with E-state index in [1.54, 1.807) is 17.5 Å². The van der Waals surface area contributed by atoms with Crippen molar-refractivity contribution in [3.63, 3.8) is 0 Å². The van der Waals surface area contributed by atoms with E-state index in [2.05, 4.69) is 27.3 Å². The van der Waals surface area contributed by atoms with Gasteiger partial charge in [-0.25, -0.2) is 4.98 Å². The van der Waals surface area contributed by atoms with Crippen molar-refractivity contribution in [1.82, 2.24) is 14.9 Å². The normalized spacial score (nSPS) is 11.0. The molecule has 17 heavy (non-hydrogen) atoms. The molecular weight excluding hydrogens is 232 g/mol. The number of aryl methyl sites for hydroxylation is 1. The molecule has 0 atom stereocenters. The lowest BCUT2D eigenvalue weighted by Gasteiger charge is -2.14. The van der Waals surface area contributed by atoms with Crippen LogP contribution in [-0.4, -0.2) is 21.9 Å². The molecule has 0 amide bonds. The van der Waals surface area contributed by atoms with E-state index in [-0.39, 0.29) is 0 Å². The number of anilines is 1. The van der Waals surface area contributed by atoms with Crippen LogP contribution >= 0.6 is 11.3 Å². The summed E-state index contributed by atoms with van der Waals surface area (Å²) in [6.45, 7) is 3.67. The molecule has 0 aliphatic heterocycles. The predicted octanol–water partition coefficient (Wildman–Crippen LogP) is 2.06. The molecule has 0 spiro atoms. The molecule has 2 rings (SSSR count). The number of rotatable bonds is 4. The van der Waals surface area contributed by atoms with Crippen LogP contribution in [-0.2, 0) is 13.1 Å². The van der Waals surface area contributed by atoms with E-state index in [0.717, 1.165) is 29.5 Å². The summed E-state index contributed by atoms with van der Waals surface area (Å²) in [5, 5.41) is 3.21. The number of thiazole rings is 1. The van der Waals surface area contributed by atoms with Crippen LogP contribution < -0.4 is 5.73 Å². The highest BCUT2D eigenvalue weighted by atomic mass is 32.1. The average molecular weight is 248 g/mol. The van der Waals surface area contributed by atoms with Gasteiger partial charge in [-0.3, -0.25) is 9.88 Å². The Bertz CT molecular complexity index is 478. The molecule has 0 bridgehead atoms. The number of nitrogens with zero attached hydrogens (tertiary/aromatic N) is 3. The van der Waals surface area contributed by atoms with E-state index in [0.29, 0.717) is 5.69 Å². The van der Waals surface area contributed by atoms with Gasteiger partial charge in [-0.2, -0.15) is 0 Å². The molecule has 2 aromatic heterocycles. The van der Waals surface area contributed by atoms with Crippen molar-refractivity contribution in [2.75, 3.05) is 12.8 Å². The largest absolute Gasteiger partial charge is 0.397 e. The number of hydrogen-bond donors (Lipinski definition) is 1. The maximum atomic E-state index is 5.60. The number of pyridine rings is 1. The van der Waals surface area contributed by atoms with Gasteiger partial charge in [0.05, 0.1) is 28.3 Å². The van der Waals surface area contributed by atoms with Crippen LogP contribution in [0.15, 0.2) is 23.7 Å². The Morgan fingerprint density at radius 1 is 1.29 bits per heavy atom. The molecule has 0 unspecified atom stereocenters. The summed E-state index contributed by atoms with van der Waals surface area (Å²) < 4.78 is 0. The third-order valence-electron chi connectivity index (χ3n) is 2.38. The van der Waals surface area contributed by atoms with Crippen LogP contribution in [0.5, 0.6) is 0 Å². The Balaban J connectivity index is 1.93. The van der Waals surface area contributed by atoms with Crippen LogP contribution in [0, 0.1) is 6.92 Å². The van der Waals surface area contributed by atoms with Crippen LogP contribution in [0.3, 0.4) is 0 Å². The molecule has 0 radical (unpaired) electrons. The fraction of sp³-hybridized carbons (Fsp3) is 0.333. The molecule has 90 valence electrons. The van der Waals surface area contributed by atoms with Gasteiger partial charge in [0.2, 0.25) is 0 Å². The average Bonchev–Trinajstić information content (AvgIpc) is 2.67. The fourth-order valence-electron chi connectivity index (χ4n) is 1.62. The quantitative estimate of drug-likeness (QED) is 0.900. The van der Waals surface area contributed by atoms with Gasteiger partial charge in [0.25, 0.3) is 0 Å². The number of nitrogen functional groups attached to an aromatic ring is 1. The summed E-state index contributed by atoms with van der Waals surface area (Å²) in [4.78, 5) is 10.9. The van der Waals surface area contributed by atoms with E-state index in [4.69, 9.17) is 5.73 Å². The first-order chi connectivity index (χ1) is 8.13. The second-order valence-electron chi connectivity index (χ2n) is 4.11. The van der Waals surface area contributed by atoms with E-state index < -0.39 is 0 Å². The molecule has 0 aliphatic carbocycles. The van der Waals surface area contributed by atoms with Crippen LogP contribution in [0.4, 0.5) is 5.69 Å². The Labute approximate surface area is 105 Å². The molecule has 4 nitrogen and oxygen atoms in total. The van der Waals surface area contributed by atoms with Gasteiger partial charge < -0.3 is 5.73 Å². The summed E-state index contributed by atoms with van der Waals surface area (Å²) in [5.41, 5.74) is 8.44. The van der Waals surface area contributed by atoms with Crippen molar-refractivity contribution < 1.29 is 0 Å². The summed E-state index contributed by atoms with van der Waals surface area (Å²) in [5.74, 6) is 0. The lowest BCUT2D eigenvalue weighted by molar-refractivity contribution is 0.312. The second-order valence-corrected chi connectivity index (χ2v) is 5.18. The van der Waals surface area contributed by atoms with Gasteiger partial charge in [0, 0.05) is 18.5 Å². The van der Waals surface area contributed by atoms with Gasteiger partial charge in [0.1, 0.15) is 0 Å². The van der Waals surface area contributed by atoms with Gasteiger partial charge in [-0.05, 0) is 26.1 Å². The molecule has 0 aliphatic rings. The fourth-order valence-corrected chi connectivity index (χ4v) is 2.22. The van der Waals surface area contributed by atoms with Crippen molar-refractivity contribution in [1.29, 1.82) is 0 Å².